The quantitative estimate of drug-likeness (QED) is 0.332. The monoisotopic (exact) mass is 505 g/mol. The highest BCUT2D eigenvalue weighted by molar-refractivity contribution is 5.52. The van der Waals surface area contributed by atoms with Gasteiger partial charge in [-0.2, -0.15) is 13.2 Å². The van der Waals surface area contributed by atoms with Gasteiger partial charge in [-0.3, -0.25) is 0 Å². The lowest BCUT2D eigenvalue weighted by Crippen LogP contribution is -2.27. The van der Waals surface area contributed by atoms with Gasteiger partial charge in [0.25, 0.3) is 0 Å². The Hall–Kier alpha value is -3.47. The molecule has 0 radical (unpaired) electrons. The molecule has 0 bridgehead atoms. The van der Waals surface area contributed by atoms with Crippen LogP contribution in [-0.2, 0) is 6.54 Å². The summed E-state index contributed by atoms with van der Waals surface area (Å²) in [5.41, 5.74) is 0.685. The Morgan fingerprint density at radius 1 is 0.771 bits per heavy atom. The second-order valence-electron chi connectivity index (χ2n) is 7.04. The molecule has 0 aliphatic rings. The Morgan fingerprint density at radius 3 is 2.03 bits per heavy atom. The van der Waals surface area contributed by atoms with Crippen LogP contribution in [0.5, 0.6) is 17.2 Å². The molecule has 0 atom stereocenters. The molecule has 0 saturated carbocycles. The molecule has 3 rings (SSSR count). The molecule has 0 aliphatic heterocycles. The van der Waals surface area contributed by atoms with Crippen molar-refractivity contribution in [3.8, 4) is 17.2 Å². The van der Waals surface area contributed by atoms with Gasteiger partial charge < -0.3 is 19.5 Å². The Balaban J connectivity index is 0.00000210. The second-order valence-corrected chi connectivity index (χ2v) is 7.04. The number of alkyl halides is 6. The summed E-state index contributed by atoms with van der Waals surface area (Å²) >= 11 is 0. The van der Waals surface area contributed by atoms with Gasteiger partial charge in [0.05, 0.1) is 6.42 Å². The molecule has 3 aromatic carbocycles. The zero-order valence-electron chi connectivity index (χ0n) is 18.4. The molecule has 0 amide bonds. The van der Waals surface area contributed by atoms with Crippen LogP contribution in [0.4, 0.5) is 36.4 Å². The molecule has 3 aromatic rings. The first-order chi connectivity index (χ1) is 16.5. The van der Waals surface area contributed by atoms with Crippen molar-refractivity contribution in [1.29, 1.82) is 0 Å². The molecule has 1 N–H and O–H groups in total. The van der Waals surface area contributed by atoms with Crippen LogP contribution in [-0.4, -0.2) is 31.3 Å². The van der Waals surface area contributed by atoms with Crippen LogP contribution in [0.3, 0.4) is 0 Å². The number of hydrogen-bond donors (Lipinski definition) is 1. The summed E-state index contributed by atoms with van der Waals surface area (Å²) in [4.78, 5) is 1.37. The average Bonchev–Trinajstić information content (AvgIpc) is 2.78. The summed E-state index contributed by atoms with van der Waals surface area (Å²) in [6, 6.07) is 16.4. The number of hydrogen-bond acceptors (Lipinski definition) is 4. The van der Waals surface area contributed by atoms with E-state index in [1.807, 2.05) is 0 Å². The van der Waals surface area contributed by atoms with Gasteiger partial charge in [-0.25, -0.2) is 4.39 Å². The third kappa shape index (κ3) is 10.1. The average molecular weight is 505 g/mol. The van der Waals surface area contributed by atoms with Crippen LogP contribution in [0.15, 0.2) is 72.8 Å². The first kappa shape index (κ1) is 27.8. The van der Waals surface area contributed by atoms with Crippen LogP contribution >= 0.6 is 0 Å². The fraction of sp³-hybridized carbons (Fsp3) is 0.250. The zero-order valence-corrected chi connectivity index (χ0v) is 18.4. The van der Waals surface area contributed by atoms with Crippen LogP contribution < -0.4 is 14.4 Å². The normalized spacial score (nSPS) is 11.3. The molecule has 0 spiro atoms. The van der Waals surface area contributed by atoms with Crippen LogP contribution in [0.2, 0.25) is 0 Å². The van der Waals surface area contributed by atoms with Crippen molar-refractivity contribution in [2.75, 3.05) is 18.6 Å². The zero-order chi connectivity index (χ0) is 26.1. The van der Waals surface area contributed by atoms with Crippen molar-refractivity contribution < 1.29 is 45.3 Å². The van der Waals surface area contributed by atoms with Crippen molar-refractivity contribution in [3.05, 3.63) is 84.2 Å². The fourth-order valence-corrected chi connectivity index (χ4v) is 3.00. The number of benzene rings is 3. The summed E-state index contributed by atoms with van der Waals surface area (Å²) < 4.78 is 98.8. The lowest BCUT2D eigenvalue weighted by atomic mass is 10.1. The minimum atomic E-state index is -4.89. The van der Waals surface area contributed by atoms with Crippen molar-refractivity contribution in [3.63, 3.8) is 0 Å². The molecule has 0 saturated heterocycles. The molecule has 0 aliphatic carbocycles. The number of aliphatic hydroxyl groups excluding tert-OH is 1. The van der Waals surface area contributed by atoms with Crippen molar-refractivity contribution in [2.24, 2.45) is 0 Å². The molecule has 0 unspecified atom stereocenters. The van der Waals surface area contributed by atoms with Gasteiger partial charge in [-0.05, 0) is 54.1 Å². The highest BCUT2D eigenvalue weighted by Gasteiger charge is 2.31. The number of ether oxygens (including phenoxy) is 2. The topological polar surface area (TPSA) is 41.9 Å². The fourth-order valence-electron chi connectivity index (χ4n) is 3.00. The maximum Gasteiger partial charge on any atom is 0.573 e. The first-order valence-corrected chi connectivity index (χ1v) is 10.1. The second kappa shape index (κ2) is 12.3. The standard InChI is InChI=1S/C23H18F7NO2.CH4O/c24-17-7-9-19(10-8-17)32-20-5-2-4-18(14-20)31(12-11-22(25,26)27)15-16-3-1-6-21(13-16)33-23(28,29)30;1-2/h1-10,13-14H,11-12,15H2;2H,1H3. The van der Waals surface area contributed by atoms with Crippen LogP contribution in [0.1, 0.15) is 12.0 Å². The molecule has 35 heavy (non-hydrogen) atoms. The van der Waals surface area contributed by atoms with Crippen molar-refractivity contribution in [1.82, 2.24) is 0 Å². The maximum absolute atomic E-state index is 13.1. The van der Waals surface area contributed by atoms with Crippen LogP contribution in [0.25, 0.3) is 0 Å². The van der Waals surface area contributed by atoms with E-state index in [2.05, 4.69) is 4.74 Å². The number of halogens is 7. The highest BCUT2D eigenvalue weighted by Crippen LogP contribution is 2.30. The smallest absolute Gasteiger partial charge is 0.457 e. The molecule has 4 nitrogen and oxygen atoms in total. The van der Waals surface area contributed by atoms with E-state index in [4.69, 9.17) is 9.84 Å². The number of nitrogens with zero attached hydrogens (tertiary/aromatic N) is 1. The summed E-state index contributed by atoms with van der Waals surface area (Å²) in [5, 5.41) is 7.00. The summed E-state index contributed by atoms with van der Waals surface area (Å²) in [7, 11) is 1.00. The lowest BCUT2D eigenvalue weighted by molar-refractivity contribution is -0.274. The molecule has 0 heterocycles. The molecular formula is C24H22F7NO3. The van der Waals surface area contributed by atoms with E-state index in [1.165, 1.54) is 47.4 Å². The number of aliphatic hydroxyl groups is 1. The van der Waals surface area contributed by atoms with Gasteiger partial charge in [-0.1, -0.05) is 18.2 Å². The van der Waals surface area contributed by atoms with Crippen molar-refractivity contribution >= 4 is 5.69 Å². The van der Waals surface area contributed by atoms with Crippen LogP contribution in [0, 0.1) is 5.82 Å². The van der Waals surface area contributed by atoms with Gasteiger partial charge in [0.15, 0.2) is 0 Å². The van der Waals surface area contributed by atoms with Gasteiger partial charge >= 0.3 is 12.5 Å². The van der Waals surface area contributed by atoms with Gasteiger partial charge in [0, 0.05) is 32.0 Å². The van der Waals surface area contributed by atoms with E-state index >= 15 is 0 Å². The summed E-state index contributed by atoms with van der Waals surface area (Å²) in [5.74, 6) is -0.298. The minimum Gasteiger partial charge on any atom is -0.457 e. The Morgan fingerprint density at radius 2 is 1.40 bits per heavy atom. The Labute approximate surface area is 197 Å². The van der Waals surface area contributed by atoms with E-state index in [0.717, 1.165) is 19.2 Å². The molecule has 190 valence electrons. The van der Waals surface area contributed by atoms with E-state index in [1.54, 1.807) is 18.2 Å². The largest absolute Gasteiger partial charge is 0.573 e. The van der Waals surface area contributed by atoms with E-state index in [-0.39, 0.29) is 6.54 Å². The third-order valence-corrected chi connectivity index (χ3v) is 4.40. The maximum atomic E-state index is 13.1. The summed E-state index contributed by atoms with van der Waals surface area (Å²) in [6.45, 7) is -0.543. The van der Waals surface area contributed by atoms with Crippen molar-refractivity contribution in [2.45, 2.75) is 25.5 Å². The number of rotatable bonds is 8. The van der Waals surface area contributed by atoms with E-state index in [9.17, 15) is 30.7 Å². The van der Waals surface area contributed by atoms with Gasteiger partial charge in [0.2, 0.25) is 0 Å². The molecular weight excluding hydrogens is 483 g/mol. The number of anilines is 1. The van der Waals surface area contributed by atoms with Gasteiger partial charge in [0.1, 0.15) is 23.1 Å². The Kier molecular flexibility index (Phi) is 9.76. The predicted molar refractivity (Wildman–Crippen MR) is 116 cm³/mol. The highest BCUT2D eigenvalue weighted by atomic mass is 19.4. The van der Waals surface area contributed by atoms with Gasteiger partial charge in [-0.15, -0.1) is 13.2 Å². The summed E-state index contributed by atoms with van der Waals surface area (Å²) in [6.07, 6.45) is -10.4. The molecule has 0 aromatic heterocycles. The predicted octanol–water partition coefficient (Wildman–Crippen LogP) is 7.08. The molecule has 11 heteroatoms. The third-order valence-electron chi connectivity index (χ3n) is 4.40. The molecule has 0 fully saturated rings. The minimum absolute atomic E-state index is 0.106. The SMILES string of the molecule is CO.Fc1ccc(Oc2cccc(N(CCC(F)(F)F)Cc3cccc(OC(F)(F)F)c3)c2)cc1. The Bertz CT molecular complexity index is 1050. The lowest BCUT2D eigenvalue weighted by Gasteiger charge is -2.26. The first-order valence-electron chi connectivity index (χ1n) is 10.1. The van der Waals surface area contributed by atoms with E-state index in [0.29, 0.717) is 22.7 Å². The van der Waals surface area contributed by atoms with E-state index < -0.39 is 37.1 Å².